The minimum absolute atomic E-state index is 0.0272. The number of benzene rings is 1. The Morgan fingerprint density at radius 2 is 2.03 bits per heavy atom. The van der Waals surface area contributed by atoms with Crippen molar-refractivity contribution in [2.24, 2.45) is 0 Å². The first-order valence-corrected chi connectivity index (χ1v) is 11.0. The molecule has 2 aliphatic rings. The van der Waals surface area contributed by atoms with Crippen LogP contribution in [0.5, 0.6) is 0 Å². The van der Waals surface area contributed by atoms with E-state index in [4.69, 9.17) is 9.97 Å². The summed E-state index contributed by atoms with van der Waals surface area (Å²) in [6.45, 7) is 4.62. The van der Waals surface area contributed by atoms with Crippen molar-refractivity contribution in [3.63, 3.8) is 0 Å². The van der Waals surface area contributed by atoms with Gasteiger partial charge in [0.25, 0.3) is 0 Å². The van der Waals surface area contributed by atoms with Gasteiger partial charge in [-0.2, -0.15) is 10.1 Å². The Hall–Kier alpha value is -3.49. The lowest BCUT2D eigenvalue weighted by Gasteiger charge is -2.29. The van der Waals surface area contributed by atoms with Crippen molar-refractivity contribution in [3.05, 3.63) is 58.7 Å². The fourth-order valence-electron chi connectivity index (χ4n) is 4.02. The average Bonchev–Trinajstić information content (AvgIpc) is 3.52. The van der Waals surface area contributed by atoms with Crippen LogP contribution in [-0.4, -0.2) is 37.5 Å². The molecule has 9 heteroatoms. The summed E-state index contributed by atoms with van der Waals surface area (Å²) in [6, 6.07) is 8.27. The van der Waals surface area contributed by atoms with Crippen LogP contribution in [0, 0.1) is 5.82 Å². The molecule has 5 rings (SSSR count). The molecule has 0 saturated heterocycles. The lowest BCUT2D eigenvalue weighted by atomic mass is 10.1. The number of hydrogen-bond acceptors (Lipinski definition) is 6. The zero-order chi connectivity index (χ0) is 22.2. The number of hydrogen-bond donors (Lipinski definition) is 3. The molecule has 0 bridgehead atoms. The van der Waals surface area contributed by atoms with Crippen molar-refractivity contribution in [1.29, 1.82) is 0 Å². The molecule has 1 aromatic carbocycles. The van der Waals surface area contributed by atoms with Crippen molar-refractivity contribution in [3.8, 4) is 0 Å². The van der Waals surface area contributed by atoms with Crippen molar-refractivity contribution in [1.82, 2.24) is 25.1 Å². The van der Waals surface area contributed by atoms with Gasteiger partial charge in [0.15, 0.2) is 5.82 Å². The van der Waals surface area contributed by atoms with Crippen LogP contribution < -0.4 is 10.6 Å². The lowest BCUT2D eigenvalue weighted by molar-refractivity contribution is -0.129. The van der Waals surface area contributed by atoms with Gasteiger partial charge in [-0.3, -0.25) is 9.89 Å². The number of nitrogens with one attached hydrogen (secondary N) is 3. The second-order valence-corrected chi connectivity index (χ2v) is 8.54. The minimum atomic E-state index is -0.272. The molecule has 3 N–H and O–H groups in total. The zero-order valence-corrected chi connectivity index (χ0v) is 18.2. The number of halogens is 1. The predicted octanol–water partition coefficient (Wildman–Crippen LogP) is 4.04. The van der Waals surface area contributed by atoms with Crippen molar-refractivity contribution in [2.45, 2.75) is 51.6 Å². The molecule has 166 valence electrons. The number of fused-ring (bicyclic) bond motifs is 1. The van der Waals surface area contributed by atoms with Gasteiger partial charge in [0, 0.05) is 36.7 Å². The third kappa shape index (κ3) is 4.28. The Bertz CT molecular complexity index is 1140. The summed E-state index contributed by atoms with van der Waals surface area (Å²) in [7, 11) is 0. The number of carbonyl (C=O) groups excluding carboxylic acids is 1. The van der Waals surface area contributed by atoms with Crippen LogP contribution in [0.25, 0.3) is 0 Å². The first kappa shape index (κ1) is 20.4. The first-order chi connectivity index (χ1) is 15.5. The molecule has 1 atom stereocenters. The standard InChI is InChI=1S/C23H26FN7O/c1-13(15-5-7-17(24)8-6-15)25-23-26-20-12-31(14(2)32)10-9-18(20)22(28-23)27-21-11-19(29-30-21)16-3-4-16/h5-8,11,13,16H,3-4,9-10,12H2,1-2H3,(H3,25,26,27,28,29,30). The molecule has 3 heterocycles. The minimum Gasteiger partial charge on any atom is -0.348 e. The van der Waals surface area contributed by atoms with E-state index in [9.17, 15) is 9.18 Å². The van der Waals surface area contributed by atoms with Crippen molar-refractivity contribution in [2.75, 3.05) is 17.2 Å². The second-order valence-electron chi connectivity index (χ2n) is 8.54. The molecular weight excluding hydrogens is 409 g/mol. The normalized spacial score (nSPS) is 16.4. The molecule has 1 amide bonds. The number of H-pyrrole nitrogens is 1. The molecule has 1 aliphatic carbocycles. The molecule has 1 aliphatic heterocycles. The van der Waals surface area contributed by atoms with Gasteiger partial charge >= 0.3 is 0 Å². The van der Waals surface area contributed by atoms with E-state index in [-0.39, 0.29) is 17.8 Å². The maximum atomic E-state index is 13.3. The van der Waals surface area contributed by atoms with E-state index in [1.165, 1.54) is 25.0 Å². The number of rotatable bonds is 6. The van der Waals surface area contributed by atoms with Gasteiger partial charge in [-0.25, -0.2) is 9.37 Å². The fourth-order valence-corrected chi connectivity index (χ4v) is 4.02. The molecule has 3 aromatic rings. The average molecular weight is 436 g/mol. The van der Waals surface area contributed by atoms with Crippen LogP contribution in [0.15, 0.2) is 30.3 Å². The van der Waals surface area contributed by atoms with Crippen molar-refractivity contribution >= 4 is 23.5 Å². The summed E-state index contributed by atoms with van der Waals surface area (Å²) in [6.07, 6.45) is 3.06. The Morgan fingerprint density at radius 1 is 1.25 bits per heavy atom. The first-order valence-electron chi connectivity index (χ1n) is 11.0. The topological polar surface area (TPSA) is 98.8 Å². The molecule has 0 spiro atoms. The second kappa shape index (κ2) is 8.22. The zero-order valence-electron chi connectivity index (χ0n) is 18.2. The number of nitrogens with zero attached hydrogens (tertiary/aromatic N) is 4. The van der Waals surface area contributed by atoms with E-state index in [0.29, 0.717) is 37.2 Å². The van der Waals surface area contributed by atoms with E-state index in [0.717, 1.165) is 28.3 Å². The molecule has 8 nitrogen and oxygen atoms in total. The maximum absolute atomic E-state index is 13.3. The summed E-state index contributed by atoms with van der Waals surface area (Å²) < 4.78 is 13.3. The Balaban J connectivity index is 1.44. The third-order valence-electron chi connectivity index (χ3n) is 6.09. The van der Waals surface area contributed by atoms with Crippen LogP contribution in [0.4, 0.5) is 22.0 Å². The molecule has 2 aromatic heterocycles. The summed E-state index contributed by atoms with van der Waals surface area (Å²) in [5.74, 6) is 2.20. The Labute approximate surface area is 185 Å². The Kier molecular flexibility index (Phi) is 5.24. The van der Waals surface area contributed by atoms with E-state index in [1.807, 2.05) is 13.0 Å². The van der Waals surface area contributed by atoms with Crippen LogP contribution in [-0.2, 0) is 17.8 Å². The van der Waals surface area contributed by atoms with Crippen molar-refractivity contribution < 1.29 is 9.18 Å². The van der Waals surface area contributed by atoms with Gasteiger partial charge < -0.3 is 15.5 Å². The largest absolute Gasteiger partial charge is 0.348 e. The Morgan fingerprint density at radius 3 is 2.75 bits per heavy atom. The van der Waals surface area contributed by atoms with Crippen LogP contribution in [0.1, 0.15) is 61.2 Å². The summed E-state index contributed by atoms with van der Waals surface area (Å²) in [5.41, 5.74) is 3.88. The molecular formula is C23H26FN7O. The highest BCUT2D eigenvalue weighted by Crippen LogP contribution is 2.40. The third-order valence-corrected chi connectivity index (χ3v) is 6.09. The van der Waals surface area contributed by atoms with Crippen LogP contribution in [0.3, 0.4) is 0 Å². The number of anilines is 3. The van der Waals surface area contributed by atoms with E-state index in [2.05, 4.69) is 20.8 Å². The molecule has 1 unspecified atom stereocenters. The quantitative estimate of drug-likeness (QED) is 0.541. The predicted molar refractivity (Wildman–Crippen MR) is 119 cm³/mol. The van der Waals surface area contributed by atoms with Gasteiger partial charge in [-0.05, 0) is 43.9 Å². The monoisotopic (exact) mass is 435 g/mol. The highest BCUT2D eigenvalue weighted by Gasteiger charge is 2.27. The summed E-state index contributed by atoms with van der Waals surface area (Å²) >= 11 is 0. The fraction of sp³-hybridized carbons (Fsp3) is 0.391. The SMILES string of the molecule is CC(=O)N1CCc2c(nc(NC(C)c3ccc(F)cc3)nc2Nc2cc(C3CC3)[nH]n2)C1. The molecule has 0 radical (unpaired) electrons. The van der Waals surface area contributed by atoms with Gasteiger partial charge in [0.1, 0.15) is 11.6 Å². The number of aromatic amines is 1. The summed E-state index contributed by atoms with van der Waals surface area (Å²) in [5, 5.41) is 14.2. The number of amides is 1. The number of carbonyl (C=O) groups is 1. The van der Waals surface area contributed by atoms with Gasteiger partial charge in [-0.15, -0.1) is 0 Å². The van der Waals surface area contributed by atoms with Crippen LogP contribution in [0.2, 0.25) is 0 Å². The maximum Gasteiger partial charge on any atom is 0.225 e. The lowest BCUT2D eigenvalue weighted by Crippen LogP contribution is -2.35. The molecule has 1 fully saturated rings. The van der Waals surface area contributed by atoms with Gasteiger partial charge in [-0.1, -0.05) is 12.1 Å². The van der Waals surface area contributed by atoms with E-state index in [1.54, 1.807) is 24.0 Å². The molecule has 1 saturated carbocycles. The molecule has 32 heavy (non-hydrogen) atoms. The van der Waals surface area contributed by atoms with E-state index >= 15 is 0 Å². The van der Waals surface area contributed by atoms with Gasteiger partial charge in [0.05, 0.1) is 18.3 Å². The highest BCUT2D eigenvalue weighted by atomic mass is 19.1. The smallest absolute Gasteiger partial charge is 0.225 e. The number of aromatic nitrogens is 4. The van der Waals surface area contributed by atoms with E-state index < -0.39 is 0 Å². The van der Waals surface area contributed by atoms with Crippen LogP contribution >= 0.6 is 0 Å². The summed E-state index contributed by atoms with van der Waals surface area (Å²) in [4.78, 5) is 23.2. The van der Waals surface area contributed by atoms with Gasteiger partial charge in [0.2, 0.25) is 11.9 Å². The highest BCUT2D eigenvalue weighted by molar-refractivity contribution is 5.74.